The number of esters is 2. The Morgan fingerprint density at radius 2 is 0.721 bits per heavy atom. The third-order valence-corrected chi connectivity index (χ3v) is 21.3. The molecule has 1 saturated carbocycles. The molecule has 10 aromatic rings. The molecule has 7 N–H and O–H groups in total. The quantitative estimate of drug-likeness (QED) is 0.0146. The molecule has 122 heavy (non-hydrogen) atoms. The van der Waals surface area contributed by atoms with E-state index in [1.807, 2.05) is 24.5 Å². The third kappa shape index (κ3) is 17.5. The number of halogens is 12. The number of hydrogen-bond acceptors (Lipinski definition) is 15. The second kappa shape index (κ2) is 36.1. The summed E-state index contributed by atoms with van der Waals surface area (Å²) < 4.78 is 177. The number of carboxylic acids is 1. The van der Waals surface area contributed by atoms with Crippen molar-refractivity contribution < 1.29 is 120 Å². The number of hydrogen-bond donors (Lipinski definition) is 7. The Labute approximate surface area is 685 Å². The van der Waals surface area contributed by atoms with Crippen molar-refractivity contribution in [1.82, 2.24) is 43.6 Å². The van der Waals surface area contributed by atoms with E-state index in [2.05, 4.69) is 57.4 Å². The summed E-state index contributed by atoms with van der Waals surface area (Å²) in [4.78, 5) is 135. The molecular formula is C83H77F12N13O14. The van der Waals surface area contributed by atoms with Crippen molar-refractivity contribution in [3.63, 3.8) is 0 Å². The Morgan fingerprint density at radius 3 is 1.04 bits per heavy atom. The number of ether oxygens (including phenoxy) is 2. The molecule has 0 bridgehead atoms. The van der Waals surface area contributed by atoms with Crippen molar-refractivity contribution in [3.05, 3.63) is 244 Å². The number of aliphatic carboxylic acids is 1. The number of carbonyl (C=O) groups is 11. The predicted octanol–water partition coefficient (Wildman–Crippen LogP) is 13.5. The van der Waals surface area contributed by atoms with Crippen molar-refractivity contribution in [2.75, 3.05) is 35.5 Å². The average molecular weight is 1710 g/mol. The summed E-state index contributed by atoms with van der Waals surface area (Å²) in [6.45, 7) is 11.2. The Kier molecular flexibility index (Phi) is 26.4. The number of methoxy groups -OCH3 is 2. The van der Waals surface area contributed by atoms with Crippen LogP contribution in [0, 0.1) is 104 Å². The summed E-state index contributed by atoms with van der Waals surface area (Å²) in [6.07, 6.45) is 10.2. The van der Waals surface area contributed by atoms with E-state index in [1.165, 1.54) is 44.3 Å². The lowest BCUT2D eigenvalue weighted by Gasteiger charge is -2.14. The zero-order valence-electron chi connectivity index (χ0n) is 65.3. The monoisotopic (exact) mass is 1710 g/mol. The van der Waals surface area contributed by atoms with Gasteiger partial charge in [0.05, 0.1) is 42.6 Å². The molecule has 0 saturated heterocycles. The number of aryl methyl sites for hydroxylation is 4. The minimum absolute atomic E-state index is 0. The van der Waals surface area contributed by atoms with Gasteiger partial charge in [-0.3, -0.25) is 38.4 Å². The van der Waals surface area contributed by atoms with Gasteiger partial charge in [0.25, 0.3) is 46.9 Å². The maximum atomic E-state index is 13.6. The molecule has 6 aromatic heterocycles. The fourth-order valence-electron chi connectivity index (χ4n) is 15.8. The number of H-pyrrole nitrogens is 1. The zero-order chi connectivity index (χ0) is 87.8. The number of rotatable bonds is 17. The van der Waals surface area contributed by atoms with Crippen LogP contribution in [0.5, 0.6) is 0 Å². The number of benzene rings is 4. The molecular weight excluding hydrogens is 1630 g/mol. The molecule has 16 rings (SSSR count). The average Bonchev–Trinajstić information content (AvgIpc) is 1.60. The molecule has 11 heterocycles. The van der Waals surface area contributed by atoms with Crippen LogP contribution >= 0.6 is 0 Å². The van der Waals surface area contributed by atoms with Crippen LogP contribution in [-0.2, 0) is 94.2 Å². The molecule has 0 atom stereocenters. The van der Waals surface area contributed by atoms with Crippen LogP contribution in [0.1, 0.15) is 198 Å². The van der Waals surface area contributed by atoms with E-state index < -0.39 is 134 Å². The number of ketones is 3. The minimum atomic E-state index is -1.66. The summed E-state index contributed by atoms with van der Waals surface area (Å²) in [5.41, 5.74) is 6.88. The lowest BCUT2D eigenvalue weighted by atomic mass is 10.0. The second-order valence-corrected chi connectivity index (χ2v) is 29.0. The first-order chi connectivity index (χ1) is 57.4. The van der Waals surface area contributed by atoms with E-state index in [1.54, 1.807) is 9.13 Å². The molecule has 5 aliphatic heterocycles. The summed E-state index contributed by atoms with van der Waals surface area (Å²) in [5.74, 6) is -27.0. The van der Waals surface area contributed by atoms with E-state index in [9.17, 15) is 105 Å². The molecule has 39 heteroatoms. The predicted molar refractivity (Wildman–Crippen MR) is 411 cm³/mol. The highest BCUT2D eigenvalue weighted by Gasteiger charge is 2.50. The van der Waals surface area contributed by atoms with E-state index in [0.717, 1.165) is 80.5 Å². The van der Waals surface area contributed by atoms with Crippen molar-refractivity contribution in [2.45, 2.75) is 157 Å². The van der Waals surface area contributed by atoms with Crippen molar-refractivity contribution in [1.29, 1.82) is 0 Å². The molecule has 5 amide bonds. The van der Waals surface area contributed by atoms with Gasteiger partial charge in [-0.05, 0) is 152 Å². The highest BCUT2D eigenvalue weighted by atomic mass is 19.2. The standard InChI is InChI=1S/C22H19F3N6O3.C18H15F3N2O4.C17H13F3N2O4.C15H13F3N2O.C10H13NO2.CH4/c1-10-16(19(32)21(34)28-22(4-5-22)15-9-26-30-29-15)14-3-2-6-31(14)18(10)20(33)27-11-7-12(23)17(25)13(24)8-11;1-8-13(16(24)18(26)27-2)12-4-3-5-23(12)15(8)17(25)22-9-6-10(19)14(21)11(20)7-9;1-7-12(15(23)17(25)26)11-3-2-4-22(11)14(7)16(24)21-8-5-9(18)13(20)10(19)6-8;1-8-5-10-3-2-4-20(10)14(8)15(21)19-9-6-11(16)13(18)12(17)7-9;1-7-6-8-4-3-5-11(8)9(7)10(12)13-2;/h7-9H,2-6H2,1H3,(H,27,33)(H,28,34)(H,26,29,30);6-7H,3-5H2,1-2H3,(H,22,25);5-6H,2-4H2,1H3,(H,21,24)(H,25,26);5-7H,2-4H2,1H3,(H,19,21);6H,3-5H2,1-2H3;1H4. The molecule has 4 aromatic carbocycles. The van der Waals surface area contributed by atoms with Crippen LogP contribution in [0.4, 0.5) is 75.4 Å². The van der Waals surface area contributed by atoms with Gasteiger partial charge >= 0.3 is 17.9 Å². The van der Waals surface area contributed by atoms with Gasteiger partial charge in [0, 0.05) is 132 Å². The second-order valence-electron chi connectivity index (χ2n) is 29.0. The fraction of sp³-hybridized carbons (Fsp3) is 0.313. The highest BCUT2D eigenvalue weighted by Crippen LogP contribution is 2.45. The van der Waals surface area contributed by atoms with Gasteiger partial charge in [0.1, 0.15) is 34.2 Å². The fourth-order valence-corrected chi connectivity index (χ4v) is 15.8. The molecule has 1 fully saturated rings. The van der Waals surface area contributed by atoms with Gasteiger partial charge in [0.15, 0.2) is 69.8 Å². The number of nitrogens with zero attached hydrogens (tertiary/aromatic N) is 7. The lowest BCUT2D eigenvalue weighted by molar-refractivity contribution is -0.135. The smallest absolute Gasteiger partial charge is 0.379 e. The Morgan fingerprint density at radius 1 is 0.410 bits per heavy atom. The Balaban J connectivity index is 0.000000152. The Bertz CT molecular complexity index is 5900. The van der Waals surface area contributed by atoms with Gasteiger partial charge in [-0.2, -0.15) is 15.4 Å². The first-order valence-corrected chi connectivity index (χ1v) is 37.5. The maximum absolute atomic E-state index is 13.6. The number of nitrogens with one attached hydrogen (secondary N) is 6. The largest absolute Gasteiger partial charge is 0.475 e. The van der Waals surface area contributed by atoms with Crippen molar-refractivity contribution in [3.8, 4) is 0 Å². The number of carboxylic acid groups (broad SMARTS) is 1. The number of amides is 5. The van der Waals surface area contributed by atoms with E-state index >= 15 is 0 Å². The molecule has 0 spiro atoms. The normalized spacial score (nSPS) is 13.7. The number of anilines is 4. The molecule has 642 valence electrons. The lowest BCUT2D eigenvalue weighted by Crippen LogP contribution is -2.40. The first-order valence-electron chi connectivity index (χ1n) is 37.5. The van der Waals surface area contributed by atoms with Crippen molar-refractivity contribution >= 4 is 87.5 Å². The number of Topliss-reactive ketones (excluding diaryl/α,β-unsaturated/α-hetero) is 3. The summed E-state index contributed by atoms with van der Waals surface area (Å²) in [7, 11) is 2.51. The number of aromatic amines is 1. The van der Waals surface area contributed by atoms with Gasteiger partial charge < -0.3 is 64.0 Å². The highest BCUT2D eigenvalue weighted by molar-refractivity contribution is 6.44. The number of aromatic nitrogens is 8. The number of fused-ring (bicyclic) bond motifs is 5. The van der Waals surface area contributed by atoms with Crippen LogP contribution in [0.2, 0.25) is 0 Å². The molecule has 1 aliphatic carbocycles. The van der Waals surface area contributed by atoms with E-state index in [-0.39, 0.29) is 86.6 Å². The SMILES string of the molecule is C.COC(=O)C(=O)c1c(C)c(C(=O)Nc2cc(F)c(F)c(F)c2)n2c1CCC2.COC(=O)c1c(C)cc2n1CCC2.Cc1c(C(=O)C(=O)NC2(c3cn[nH]n3)CC2)c2n(c1C(=O)Nc1cc(F)c(F)c(F)c1)CCC2.Cc1c(C(=O)C(=O)O)c2n(c1C(=O)Nc1cc(F)c(F)c(F)c1)CCC2.Cc1cc2n(c1C(=O)Nc1cc(F)c(F)c(F)c1)CCC2. The van der Waals surface area contributed by atoms with Crippen LogP contribution in [-0.4, -0.2) is 122 Å². The first kappa shape index (κ1) is 89.1. The molecule has 27 nitrogen and oxygen atoms in total. The number of carbonyl (C=O) groups excluding carboxylic acids is 10. The van der Waals surface area contributed by atoms with Crippen LogP contribution in [0.3, 0.4) is 0 Å². The van der Waals surface area contributed by atoms with Gasteiger partial charge in [-0.15, -0.1) is 0 Å². The van der Waals surface area contributed by atoms with Gasteiger partial charge in [0.2, 0.25) is 0 Å². The Hall–Kier alpha value is -13.7. The summed E-state index contributed by atoms with van der Waals surface area (Å²) >= 11 is 0. The van der Waals surface area contributed by atoms with Gasteiger partial charge in [-0.25, -0.2) is 67.1 Å². The van der Waals surface area contributed by atoms with Gasteiger partial charge in [-0.1, -0.05) is 7.43 Å². The van der Waals surface area contributed by atoms with Crippen LogP contribution in [0.15, 0.2) is 66.9 Å². The molecule has 6 aliphatic rings. The topological polar surface area (TPSA) is 353 Å². The van der Waals surface area contributed by atoms with E-state index in [4.69, 9.17) is 9.84 Å². The van der Waals surface area contributed by atoms with Crippen LogP contribution in [0.25, 0.3) is 0 Å². The zero-order valence-corrected chi connectivity index (χ0v) is 65.3. The molecule has 0 unspecified atom stereocenters. The van der Waals surface area contributed by atoms with Crippen LogP contribution < -0.4 is 26.6 Å². The third-order valence-electron chi connectivity index (χ3n) is 21.3. The van der Waals surface area contributed by atoms with E-state index in [0.29, 0.717) is 136 Å². The van der Waals surface area contributed by atoms with Crippen molar-refractivity contribution in [2.24, 2.45) is 0 Å². The maximum Gasteiger partial charge on any atom is 0.379 e. The summed E-state index contributed by atoms with van der Waals surface area (Å²) in [6, 6.07) is 9.44. The summed E-state index contributed by atoms with van der Waals surface area (Å²) in [5, 5.41) is 31.3. The molecule has 0 radical (unpaired) electrons. The minimum Gasteiger partial charge on any atom is -0.475 e.